The van der Waals surface area contributed by atoms with Crippen molar-refractivity contribution in [3.63, 3.8) is 0 Å². The van der Waals surface area contributed by atoms with Crippen LogP contribution in [0.2, 0.25) is 0 Å². The van der Waals surface area contributed by atoms with Gasteiger partial charge in [-0.05, 0) is 24.3 Å². The summed E-state index contributed by atoms with van der Waals surface area (Å²) >= 11 is 6.88. The number of benzene rings is 2. The summed E-state index contributed by atoms with van der Waals surface area (Å²) in [4.78, 5) is 12.0. The molecule has 4 nitrogen and oxygen atoms in total. The van der Waals surface area contributed by atoms with Crippen LogP contribution in [0.3, 0.4) is 0 Å². The lowest BCUT2D eigenvalue weighted by molar-refractivity contribution is -0.160. The van der Waals surface area contributed by atoms with Crippen molar-refractivity contribution in [2.24, 2.45) is 0 Å². The van der Waals surface area contributed by atoms with Gasteiger partial charge in [0.15, 0.2) is 0 Å². The molecule has 2 aromatic carbocycles. The first-order valence-corrected chi connectivity index (χ1v) is 9.40. The Morgan fingerprint density at radius 2 is 1.88 bits per heavy atom. The molecule has 6 heteroatoms. The molecule has 0 unspecified atom stereocenters. The van der Waals surface area contributed by atoms with Crippen molar-refractivity contribution in [2.75, 3.05) is 18.5 Å². The fourth-order valence-electron chi connectivity index (χ4n) is 2.48. The minimum absolute atomic E-state index is 0.152. The summed E-state index contributed by atoms with van der Waals surface area (Å²) in [5, 5.41) is 0.491. The Balaban J connectivity index is 1.62. The Morgan fingerprint density at radius 3 is 2.54 bits per heavy atom. The van der Waals surface area contributed by atoms with Crippen LogP contribution in [0.4, 0.5) is 0 Å². The van der Waals surface area contributed by atoms with Gasteiger partial charge in [0.05, 0.1) is 17.5 Å². The zero-order chi connectivity index (χ0) is 17.0. The van der Waals surface area contributed by atoms with Crippen molar-refractivity contribution in [2.45, 2.75) is 11.9 Å². The zero-order valence-corrected chi connectivity index (χ0v) is 16.0. The molecule has 2 atom stereocenters. The molecule has 0 radical (unpaired) electrons. The Labute approximate surface area is 157 Å². The smallest absolute Gasteiger partial charge is 0.338 e. The molecule has 0 aromatic heterocycles. The molecule has 2 aromatic rings. The van der Waals surface area contributed by atoms with E-state index in [9.17, 15) is 4.79 Å². The molecule has 0 aliphatic carbocycles. The molecule has 1 fully saturated rings. The van der Waals surface area contributed by atoms with Gasteiger partial charge in [0.1, 0.15) is 12.7 Å². The van der Waals surface area contributed by atoms with E-state index in [2.05, 4.69) is 31.9 Å². The molecule has 0 bridgehead atoms. The number of carbonyl (C=O) groups is 1. The Hall–Kier alpha value is -1.21. The largest absolute Gasteiger partial charge is 0.459 e. The second-order valence-corrected chi connectivity index (χ2v) is 6.89. The van der Waals surface area contributed by atoms with Gasteiger partial charge in [-0.25, -0.2) is 4.79 Å². The number of esters is 1. The zero-order valence-electron chi connectivity index (χ0n) is 12.8. The normalized spacial score (nSPS) is 23.2. The summed E-state index contributed by atoms with van der Waals surface area (Å²) in [5.41, 5.74) is 1.44. The highest BCUT2D eigenvalue weighted by Gasteiger charge is 2.42. The van der Waals surface area contributed by atoms with Crippen LogP contribution >= 0.6 is 31.9 Å². The minimum Gasteiger partial charge on any atom is -0.459 e. The Bertz CT molecular complexity index is 690. The summed E-state index contributed by atoms with van der Waals surface area (Å²) in [6.45, 7) is 0.517. The van der Waals surface area contributed by atoms with Gasteiger partial charge in [0, 0.05) is 10.0 Å². The van der Waals surface area contributed by atoms with Crippen molar-refractivity contribution in [3.8, 4) is 0 Å². The van der Waals surface area contributed by atoms with E-state index in [-0.39, 0.29) is 18.7 Å². The molecular formula is C18H16Br2O4. The lowest BCUT2D eigenvalue weighted by atomic mass is 10.1. The van der Waals surface area contributed by atoms with Gasteiger partial charge in [-0.1, -0.05) is 62.2 Å². The maximum atomic E-state index is 12.0. The Kier molecular flexibility index (Phi) is 5.71. The van der Waals surface area contributed by atoms with Gasteiger partial charge >= 0.3 is 5.97 Å². The van der Waals surface area contributed by atoms with E-state index in [0.29, 0.717) is 17.5 Å². The molecule has 0 saturated carbocycles. The van der Waals surface area contributed by atoms with Crippen LogP contribution < -0.4 is 0 Å². The van der Waals surface area contributed by atoms with Crippen LogP contribution in [-0.2, 0) is 20.0 Å². The van der Waals surface area contributed by atoms with E-state index in [0.717, 1.165) is 10.0 Å². The van der Waals surface area contributed by atoms with Crippen molar-refractivity contribution in [3.05, 3.63) is 70.2 Å². The molecule has 3 rings (SSSR count). The molecule has 0 N–H and O–H groups in total. The standard InChI is InChI=1S/C18H16Br2O4/c19-12-18(14-6-8-15(20)9-7-14)23-11-16(24-18)10-22-17(21)13-4-2-1-3-5-13/h1-9,16H,10-12H2/t16-,18-/m0/s1. The van der Waals surface area contributed by atoms with E-state index in [4.69, 9.17) is 14.2 Å². The fourth-order valence-corrected chi connectivity index (χ4v) is 3.36. The molecule has 1 aliphatic heterocycles. The first kappa shape index (κ1) is 17.6. The molecule has 0 amide bonds. The predicted molar refractivity (Wildman–Crippen MR) is 97.2 cm³/mol. The molecular weight excluding hydrogens is 440 g/mol. The van der Waals surface area contributed by atoms with Gasteiger partial charge in [0.25, 0.3) is 0 Å². The third kappa shape index (κ3) is 3.88. The van der Waals surface area contributed by atoms with Crippen LogP contribution in [0.25, 0.3) is 0 Å². The van der Waals surface area contributed by atoms with Crippen molar-refractivity contribution in [1.29, 1.82) is 0 Å². The SMILES string of the molecule is O=C(OC[C@H]1CO[C@](CBr)(c2ccc(Br)cc2)O1)c1ccccc1. The van der Waals surface area contributed by atoms with Gasteiger partial charge in [-0.2, -0.15) is 0 Å². The van der Waals surface area contributed by atoms with Crippen molar-refractivity contribution >= 4 is 37.8 Å². The summed E-state index contributed by atoms with van der Waals surface area (Å²) in [6, 6.07) is 16.7. The highest BCUT2D eigenvalue weighted by molar-refractivity contribution is 9.10. The molecule has 1 aliphatic rings. The van der Waals surface area contributed by atoms with Crippen LogP contribution in [0.1, 0.15) is 15.9 Å². The quantitative estimate of drug-likeness (QED) is 0.498. The van der Waals surface area contributed by atoms with Gasteiger partial charge in [-0.15, -0.1) is 0 Å². The lowest BCUT2D eigenvalue weighted by Crippen LogP contribution is -2.31. The highest BCUT2D eigenvalue weighted by atomic mass is 79.9. The Morgan fingerprint density at radius 1 is 1.17 bits per heavy atom. The summed E-state index contributed by atoms with van der Waals surface area (Å²) in [7, 11) is 0. The summed E-state index contributed by atoms with van der Waals surface area (Å²) in [6.07, 6.45) is -0.307. The maximum Gasteiger partial charge on any atom is 0.338 e. The second kappa shape index (κ2) is 7.78. The molecule has 24 heavy (non-hydrogen) atoms. The number of carbonyl (C=O) groups excluding carboxylic acids is 1. The first-order valence-electron chi connectivity index (χ1n) is 7.49. The number of ether oxygens (including phenoxy) is 3. The lowest BCUT2D eigenvalue weighted by Gasteiger charge is -2.26. The molecule has 1 heterocycles. The van der Waals surface area contributed by atoms with E-state index in [1.807, 2.05) is 30.3 Å². The minimum atomic E-state index is -0.857. The monoisotopic (exact) mass is 454 g/mol. The van der Waals surface area contributed by atoms with Crippen LogP contribution in [0.15, 0.2) is 59.1 Å². The number of hydrogen-bond acceptors (Lipinski definition) is 4. The summed E-state index contributed by atoms with van der Waals surface area (Å²) in [5.74, 6) is -1.22. The second-order valence-electron chi connectivity index (χ2n) is 5.41. The predicted octanol–water partition coefficient (Wildman–Crippen LogP) is 4.27. The molecule has 126 valence electrons. The van der Waals surface area contributed by atoms with Crippen LogP contribution in [0.5, 0.6) is 0 Å². The highest BCUT2D eigenvalue weighted by Crippen LogP contribution is 2.36. The number of halogens is 2. The summed E-state index contributed by atoms with van der Waals surface area (Å²) < 4.78 is 18.3. The maximum absolute atomic E-state index is 12.0. The third-order valence-corrected chi connectivity index (χ3v) is 5.00. The number of alkyl halides is 1. The van der Waals surface area contributed by atoms with Gasteiger partial charge in [-0.3, -0.25) is 0 Å². The van der Waals surface area contributed by atoms with E-state index < -0.39 is 5.79 Å². The van der Waals surface area contributed by atoms with Crippen LogP contribution in [-0.4, -0.2) is 30.6 Å². The van der Waals surface area contributed by atoms with Gasteiger partial charge in [0.2, 0.25) is 5.79 Å². The number of rotatable bonds is 5. The molecule has 0 spiro atoms. The van der Waals surface area contributed by atoms with E-state index in [1.165, 1.54) is 0 Å². The molecule has 1 saturated heterocycles. The van der Waals surface area contributed by atoms with Crippen molar-refractivity contribution < 1.29 is 19.0 Å². The van der Waals surface area contributed by atoms with Crippen molar-refractivity contribution in [1.82, 2.24) is 0 Å². The average molecular weight is 456 g/mol. The average Bonchev–Trinajstić information content (AvgIpc) is 3.06. The topological polar surface area (TPSA) is 44.8 Å². The van der Waals surface area contributed by atoms with E-state index >= 15 is 0 Å². The third-order valence-electron chi connectivity index (χ3n) is 3.73. The number of hydrogen-bond donors (Lipinski definition) is 0. The fraction of sp³-hybridized carbons (Fsp3) is 0.278. The first-order chi connectivity index (χ1) is 11.6. The van der Waals surface area contributed by atoms with E-state index in [1.54, 1.807) is 24.3 Å². The van der Waals surface area contributed by atoms with Gasteiger partial charge < -0.3 is 14.2 Å². The van der Waals surface area contributed by atoms with Crippen LogP contribution in [0, 0.1) is 0 Å².